The fraction of sp³-hybridized carbons (Fsp3) is 0.438. The lowest BCUT2D eigenvalue weighted by atomic mass is 9.96. The average Bonchev–Trinajstić information content (AvgIpc) is 3.00. The van der Waals surface area contributed by atoms with E-state index < -0.39 is 24.2 Å². The highest BCUT2D eigenvalue weighted by Gasteiger charge is 2.48. The highest BCUT2D eigenvalue weighted by atomic mass is 19.4. The number of piperidine rings is 1. The topological polar surface area (TPSA) is 66.7 Å². The molecule has 134 valence electrons. The van der Waals surface area contributed by atoms with Crippen LogP contribution in [0.3, 0.4) is 0 Å². The molecule has 1 aliphatic rings. The second-order valence-electron chi connectivity index (χ2n) is 6.10. The number of amides is 2. The van der Waals surface area contributed by atoms with Gasteiger partial charge in [0.25, 0.3) is 5.91 Å². The minimum absolute atomic E-state index is 0.142. The van der Waals surface area contributed by atoms with Gasteiger partial charge in [-0.3, -0.25) is 9.59 Å². The molecule has 3 rings (SSSR count). The summed E-state index contributed by atoms with van der Waals surface area (Å²) < 4.78 is 41.7. The molecule has 6 nitrogen and oxygen atoms in total. The van der Waals surface area contributed by atoms with Crippen LogP contribution in [-0.2, 0) is 4.79 Å². The number of carbonyl (C=O) groups excluding carboxylic acids is 2. The second-order valence-corrected chi connectivity index (χ2v) is 6.10. The maximum absolute atomic E-state index is 13.4. The Bertz CT molecular complexity index is 802. The third-order valence-corrected chi connectivity index (χ3v) is 4.26. The van der Waals surface area contributed by atoms with Crippen LogP contribution in [0.1, 0.15) is 30.1 Å². The summed E-state index contributed by atoms with van der Waals surface area (Å²) in [5.74, 6) is -1.05. The number of carbonyl (C=O) groups is 2. The number of halogens is 3. The summed E-state index contributed by atoms with van der Waals surface area (Å²) >= 11 is 0. The molecule has 0 bridgehead atoms. The van der Waals surface area contributed by atoms with E-state index in [1.54, 1.807) is 16.7 Å². The lowest BCUT2D eigenvalue weighted by Gasteiger charge is -2.40. The number of alkyl halides is 3. The van der Waals surface area contributed by atoms with Crippen molar-refractivity contribution < 1.29 is 22.8 Å². The van der Waals surface area contributed by atoms with Gasteiger partial charge >= 0.3 is 6.18 Å². The summed E-state index contributed by atoms with van der Waals surface area (Å²) in [6.45, 7) is 1.12. The normalized spacial score (nSPS) is 21.4. The first-order valence-corrected chi connectivity index (χ1v) is 7.83. The molecule has 0 aliphatic carbocycles. The van der Waals surface area contributed by atoms with Gasteiger partial charge < -0.3 is 14.6 Å². The fourth-order valence-corrected chi connectivity index (χ4v) is 3.15. The van der Waals surface area contributed by atoms with Crippen molar-refractivity contribution in [1.82, 2.24) is 19.6 Å². The molecule has 0 saturated carbocycles. The molecule has 1 fully saturated rings. The van der Waals surface area contributed by atoms with Gasteiger partial charge in [0, 0.05) is 38.1 Å². The molecule has 0 spiro atoms. The second kappa shape index (κ2) is 6.38. The first kappa shape index (κ1) is 17.2. The molecule has 25 heavy (non-hydrogen) atoms. The molecular formula is C16H17F3N4O2. The summed E-state index contributed by atoms with van der Waals surface area (Å²) in [6.07, 6.45) is 0.0250. The first-order valence-electron chi connectivity index (χ1n) is 7.83. The van der Waals surface area contributed by atoms with Gasteiger partial charge in [0.05, 0.1) is 5.56 Å². The summed E-state index contributed by atoms with van der Waals surface area (Å²) in [4.78, 5) is 28.8. The zero-order chi connectivity index (χ0) is 18.2. The van der Waals surface area contributed by atoms with Crippen molar-refractivity contribution in [3.05, 3.63) is 36.3 Å². The summed E-state index contributed by atoms with van der Waals surface area (Å²) in [5, 5.41) is 2.60. The first-order chi connectivity index (χ1) is 11.8. The van der Waals surface area contributed by atoms with E-state index in [0.717, 1.165) is 4.90 Å². The van der Waals surface area contributed by atoms with E-state index in [1.165, 1.54) is 25.4 Å². The summed E-state index contributed by atoms with van der Waals surface area (Å²) in [7, 11) is 0. The molecule has 9 heteroatoms. The van der Waals surface area contributed by atoms with Crippen molar-refractivity contribution in [1.29, 1.82) is 0 Å². The maximum Gasteiger partial charge on any atom is 0.408 e. The van der Waals surface area contributed by atoms with Gasteiger partial charge in [0.1, 0.15) is 11.7 Å². The minimum atomic E-state index is -4.52. The molecule has 2 aromatic rings. The van der Waals surface area contributed by atoms with Crippen molar-refractivity contribution in [3.63, 3.8) is 0 Å². The molecule has 2 amide bonds. The van der Waals surface area contributed by atoms with Crippen molar-refractivity contribution in [2.24, 2.45) is 0 Å². The van der Waals surface area contributed by atoms with Crippen LogP contribution in [0.15, 0.2) is 30.7 Å². The number of likely N-dealkylation sites (tertiary alicyclic amines) is 1. The largest absolute Gasteiger partial charge is 0.408 e. The minimum Gasteiger partial charge on any atom is -0.352 e. The molecule has 0 aromatic carbocycles. The Hall–Kier alpha value is -2.58. The van der Waals surface area contributed by atoms with Crippen LogP contribution in [0.4, 0.5) is 13.2 Å². The van der Waals surface area contributed by atoms with E-state index in [4.69, 9.17) is 0 Å². The Labute approximate surface area is 141 Å². The Morgan fingerprint density at radius 1 is 1.28 bits per heavy atom. The van der Waals surface area contributed by atoms with Gasteiger partial charge in [0.2, 0.25) is 5.91 Å². The van der Waals surface area contributed by atoms with Crippen LogP contribution in [0, 0.1) is 0 Å². The number of aromatic nitrogens is 2. The standard InChI is InChI=1S/C16H17F3N4O2/c1-10(24)21-12-3-4-13(16(17,18)19)23(9-12)15(25)11-2-5-14-20-6-7-22(14)8-11/h2,5-8,12-13H,3-4,9H2,1H3,(H,21,24)/t12-,13+/m0/s1. The number of fused-ring (bicyclic) bond motifs is 1. The maximum atomic E-state index is 13.4. The van der Waals surface area contributed by atoms with E-state index >= 15 is 0 Å². The predicted octanol–water partition coefficient (Wildman–Crippen LogP) is 2.01. The number of rotatable bonds is 2. The number of nitrogens with one attached hydrogen (secondary N) is 1. The zero-order valence-corrected chi connectivity index (χ0v) is 13.5. The quantitative estimate of drug-likeness (QED) is 0.897. The van der Waals surface area contributed by atoms with Crippen LogP contribution in [0.5, 0.6) is 0 Å². The van der Waals surface area contributed by atoms with Gasteiger partial charge in [-0.25, -0.2) is 4.98 Å². The highest BCUT2D eigenvalue weighted by molar-refractivity contribution is 5.94. The average molecular weight is 354 g/mol. The molecule has 2 aromatic heterocycles. The molecule has 1 saturated heterocycles. The Balaban J connectivity index is 1.89. The van der Waals surface area contributed by atoms with E-state index in [9.17, 15) is 22.8 Å². The van der Waals surface area contributed by atoms with Gasteiger partial charge in [-0.2, -0.15) is 13.2 Å². The zero-order valence-electron chi connectivity index (χ0n) is 13.5. The Kier molecular flexibility index (Phi) is 4.40. The van der Waals surface area contributed by atoms with Crippen molar-refractivity contribution in [2.45, 2.75) is 38.0 Å². The van der Waals surface area contributed by atoms with E-state index in [2.05, 4.69) is 10.3 Å². The molecule has 1 aliphatic heterocycles. The summed E-state index contributed by atoms with van der Waals surface area (Å²) in [6, 6.07) is 0.686. The molecule has 2 atom stereocenters. The molecule has 0 unspecified atom stereocenters. The summed E-state index contributed by atoms with van der Waals surface area (Å²) in [5.41, 5.74) is 0.738. The third-order valence-electron chi connectivity index (χ3n) is 4.26. The Morgan fingerprint density at radius 2 is 2.04 bits per heavy atom. The van der Waals surface area contributed by atoms with Gasteiger partial charge in [-0.1, -0.05) is 0 Å². The van der Waals surface area contributed by atoms with Gasteiger partial charge in [0.15, 0.2) is 0 Å². The SMILES string of the molecule is CC(=O)N[C@H]1CC[C@H](C(F)(F)F)N(C(=O)c2ccc3nccn3c2)C1. The number of hydrogen-bond donors (Lipinski definition) is 1. The van der Waals surface area contributed by atoms with Gasteiger partial charge in [-0.05, 0) is 25.0 Å². The number of hydrogen-bond acceptors (Lipinski definition) is 3. The van der Waals surface area contributed by atoms with E-state index in [1.807, 2.05) is 0 Å². The molecular weight excluding hydrogens is 337 g/mol. The van der Waals surface area contributed by atoms with Crippen molar-refractivity contribution in [2.75, 3.05) is 6.54 Å². The van der Waals surface area contributed by atoms with Crippen LogP contribution < -0.4 is 5.32 Å². The third kappa shape index (κ3) is 3.59. The highest BCUT2D eigenvalue weighted by Crippen LogP contribution is 2.33. The van der Waals surface area contributed by atoms with Gasteiger partial charge in [-0.15, -0.1) is 0 Å². The van der Waals surface area contributed by atoms with E-state index in [0.29, 0.717) is 5.65 Å². The lowest BCUT2D eigenvalue weighted by molar-refractivity contribution is -0.184. The molecule has 3 heterocycles. The lowest BCUT2D eigenvalue weighted by Crippen LogP contribution is -2.58. The van der Waals surface area contributed by atoms with Crippen LogP contribution in [-0.4, -0.2) is 50.9 Å². The number of pyridine rings is 1. The number of nitrogens with zero attached hydrogens (tertiary/aromatic N) is 3. The van der Waals surface area contributed by atoms with Crippen molar-refractivity contribution >= 4 is 17.5 Å². The molecule has 1 N–H and O–H groups in total. The predicted molar refractivity (Wildman–Crippen MR) is 82.9 cm³/mol. The fourth-order valence-electron chi connectivity index (χ4n) is 3.15. The van der Waals surface area contributed by atoms with Crippen molar-refractivity contribution in [3.8, 4) is 0 Å². The number of imidazole rings is 1. The Morgan fingerprint density at radius 3 is 2.72 bits per heavy atom. The van der Waals surface area contributed by atoms with Crippen LogP contribution in [0.25, 0.3) is 5.65 Å². The van der Waals surface area contributed by atoms with Crippen LogP contribution in [0.2, 0.25) is 0 Å². The van der Waals surface area contributed by atoms with E-state index in [-0.39, 0.29) is 30.9 Å². The smallest absolute Gasteiger partial charge is 0.352 e. The molecule has 0 radical (unpaired) electrons. The van der Waals surface area contributed by atoms with Crippen LogP contribution >= 0.6 is 0 Å². The monoisotopic (exact) mass is 354 g/mol.